The first-order chi connectivity index (χ1) is 11.9. The molecule has 0 heterocycles. The molecular formula is C16H13N3O6. The van der Waals surface area contributed by atoms with Crippen molar-refractivity contribution in [1.29, 1.82) is 0 Å². The van der Waals surface area contributed by atoms with Crippen LogP contribution in [0.2, 0.25) is 0 Å². The van der Waals surface area contributed by atoms with E-state index in [1.165, 1.54) is 49.7 Å². The number of benzene rings is 2. The number of non-ortho nitro benzene ring substituents is 1. The lowest BCUT2D eigenvalue weighted by Gasteiger charge is -2.05. The number of aromatic carboxylic acids is 1. The molecule has 0 aliphatic carbocycles. The number of carboxylic acids is 1. The third-order valence-corrected chi connectivity index (χ3v) is 3.17. The quantitative estimate of drug-likeness (QED) is 0.469. The van der Waals surface area contributed by atoms with Gasteiger partial charge in [0.05, 0.1) is 18.2 Å². The Labute approximate surface area is 141 Å². The number of ether oxygens (including phenoxy) is 1. The van der Waals surface area contributed by atoms with E-state index in [1.807, 2.05) is 0 Å². The summed E-state index contributed by atoms with van der Waals surface area (Å²) in [5.41, 5.74) is 2.74. The zero-order valence-corrected chi connectivity index (χ0v) is 13.0. The van der Waals surface area contributed by atoms with Crippen molar-refractivity contribution < 1.29 is 24.4 Å². The van der Waals surface area contributed by atoms with Gasteiger partial charge < -0.3 is 9.84 Å². The summed E-state index contributed by atoms with van der Waals surface area (Å²) >= 11 is 0. The van der Waals surface area contributed by atoms with E-state index in [2.05, 4.69) is 10.5 Å². The number of hydrogen-bond donors (Lipinski definition) is 2. The molecule has 0 aliphatic rings. The predicted molar refractivity (Wildman–Crippen MR) is 88.1 cm³/mol. The van der Waals surface area contributed by atoms with Crippen LogP contribution in [0, 0.1) is 10.1 Å². The smallest absolute Gasteiger partial charge is 0.339 e. The maximum Gasteiger partial charge on any atom is 0.339 e. The summed E-state index contributed by atoms with van der Waals surface area (Å²) in [6.07, 6.45) is 1.27. The van der Waals surface area contributed by atoms with E-state index in [0.717, 1.165) is 0 Å². The highest BCUT2D eigenvalue weighted by molar-refractivity contribution is 5.96. The van der Waals surface area contributed by atoms with E-state index in [0.29, 0.717) is 5.56 Å². The number of methoxy groups -OCH3 is 1. The first kappa shape index (κ1) is 17.6. The van der Waals surface area contributed by atoms with Gasteiger partial charge in [0, 0.05) is 17.7 Å². The lowest BCUT2D eigenvalue weighted by Crippen LogP contribution is -2.17. The minimum absolute atomic E-state index is 0.0341. The molecule has 128 valence electrons. The Kier molecular flexibility index (Phi) is 5.41. The van der Waals surface area contributed by atoms with Crippen LogP contribution in [0.5, 0.6) is 5.75 Å². The van der Waals surface area contributed by atoms with Crippen molar-refractivity contribution in [3.8, 4) is 5.75 Å². The van der Waals surface area contributed by atoms with E-state index >= 15 is 0 Å². The summed E-state index contributed by atoms with van der Waals surface area (Å²) in [6.45, 7) is 0. The van der Waals surface area contributed by atoms with Gasteiger partial charge in [0.1, 0.15) is 11.3 Å². The molecule has 0 saturated carbocycles. The Morgan fingerprint density at radius 1 is 1.24 bits per heavy atom. The third-order valence-electron chi connectivity index (χ3n) is 3.17. The van der Waals surface area contributed by atoms with Gasteiger partial charge >= 0.3 is 5.97 Å². The first-order valence-electron chi connectivity index (χ1n) is 6.91. The largest absolute Gasteiger partial charge is 0.496 e. The highest BCUT2D eigenvalue weighted by atomic mass is 16.6. The number of carbonyl (C=O) groups excluding carboxylic acids is 1. The van der Waals surface area contributed by atoms with Crippen molar-refractivity contribution in [2.24, 2.45) is 5.10 Å². The molecule has 0 radical (unpaired) electrons. The van der Waals surface area contributed by atoms with Crippen LogP contribution in [0.3, 0.4) is 0 Å². The van der Waals surface area contributed by atoms with E-state index in [4.69, 9.17) is 9.84 Å². The van der Waals surface area contributed by atoms with Gasteiger partial charge in [-0.25, -0.2) is 10.2 Å². The zero-order valence-electron chi connectivity index (χ0n) is 13.0. The van der Waals surface area contributed by atoms with Gasteiger partial charge in [0.15, 0.2) is 0 Å². The van der Waals surface area contributed by atoms with Crippen LogP contribution in [0.1, 0.15) is 26.3 Å². The molecule has 2 rings (SSSR count). The van der Waals surface area contributed by atoms with Gasteiger partial charge in [-0.15, -0.1) is 0 Å². The van der Waals surface area contributed by atoms with Gasteiger partial charge in [0.2, 0.25) is 0 Å². The van der Waals surface area contributed by atoms with Gasteiger partial charge in [-0.1, -0.05) is 0 Å². The highest BCUT2D eigenvalue weighted by Crippen LogP contribution is 2.19. The van der Waals surface area contributed by atoms with Gasteiger partial charge in [0.25, 0.3) is 11.6 Å². The number of carboxylic acid groups (broad SMARTS) is 1. The maximum atomic E-state index is 11.9. The van der Waals surface area contributed by atoms with E-state index in [9.17, 15) is 19.7 Å². The summed E-state index contributed by atoms with van der Waals surface area (Å²) in [7, 11) is 1.36. The Morgan fingerprint density at radius 3 is 2.48 bits per heavy atom. The van der Waals surface area contributed by atoms with Crippen LogP contribution < -0.4 is 10.2 Å². The molecular weight excluding hydrogens is 330 g/mol. The first-order valence-corrected chi connectivity index (χ1v) is 6.91. The highest BCUT2D eigenvalue weighted by Gasteiger charge is 2.11. The number of amides is 1. The van der Waals surface area contributed by atoms with E-state index < -0.39 is 16.8 Å². The molecule has 0 aromatic heterocycles. The third kappa shape index (κ3) is 4.38. The molecule has 9 nitrogen and oxygen atoms in total. The lowest BCUT2D eigenvalue weighted by molar-refractivity contribution is -0.384. The number of nitrogens with one attached hydrogen (secondary N) is 1. The summed E-state index contributed by atoms with van der Waals surface area (Å²) in [4.78, 5) is 33.0. The van der Waals surface area contributed by atoms with E-state index in [-0.39, 0.29) is 22.6 Å². The number of nitro benzene ring substituents is 1. The second-order valence-electron chi connectivity index (χ2n) is 4.77. The van der Waals surface area contributed by atoms with Crippen LogP contribution in [0.15, 0.2) is 47.6 Å². The number of hydrazone groups is 1. The summed E-state index contributed by atoms with van der Waals surface area (Å²) < 4.78 is 4.95. The second kappa shape index (κ2) is 7.68. The number of nitro groups is 1. The molecule has 0 bridgehead atoms. The van der Waals surface area contributed by atoms with Crippen LogP contribution in [-0.4, -0.2) is 35.2 Å². The summed E-state index contributed by atoms with van der Waals surface area (Å²) in [5.74, 6) is -1.50. The lowest BCUT2D eigenvalue weighted by atomic mass is 10.1. The molecule has 0 unspecified atom stereocenters. The SMILES string of the molecule is COc1ccc(/C=N\NC(=O)c2ccc([N+](=O)[O-])cc2)cc1C(=O)O. The molecule has 25 heavy (non-hydrogen) atoms. The normalized spacial score (nSPS) is 10.4. The van der Waals surface area contributed by atoms with Gasteiger partial charge in [-0.05, 0) is 35.9 Å². The van der Waals surface area contributed by atoms with E-state index in [1.54, 1.807) is 6.07 Å². The zero-order chi connectivity index (χ0) is 18.4. The standard InChI is InChI=1S/C16H13N3O6/c1-25-14-7-2-10(8-13(14)16(21)22)9-17-18-15(20)11-3-5-12(6-4-11)19(23)24/h2-9H,1H3,(H,18,20)(H,21,22)/b17-9-. The van der Waals surface area contributed by atoms with Gasteiger partial charge in [-0.3, -0.25) is 14.9 Å². The van der Waals surface area contributed by atoms with Crippen LogP contribution >= 0.6 is 0 Å². The number of hydrogen-bond acceptors (Lipinski definition) is 6. The molecule has 9 heteroatoms. The molecule has 0 spiro atoms. The van der Waals surface area contributed by atoms with Crippen molar-refractivity contribution in [2.75, 3.05) is 7.11 Å². The van der Waals surface area contributed by atoms with Crippen molar-refractivity contribution >= 4 is 23.8 Å². The Hall–Kier alpha value is -3.75. The van der Waals surface area contributed by atoms with Crippen molar-refractivity contribution in [2.45, 2.75) is 0 Å². The molecule has 2 aromatic carbocycles. The Bertz CT molecular complexity index is 845. The molecule has 0 aliphatic heterocycles. The summed E-state index contributed by atoms with van der Waals surface area (Å²) in [5, 5.41) is 23.4. The fourth-order valence-electron chi connectivity index (χ4n) is 1.94. The van der Waals surface area contributed by atoms with Crippen LogP contribution in [0.25, 0.3) is 0 Å². The number of rotatable bonds is 6. The van der Waals surface area contributed by atoms with Crippen molar-refractivity contribution in [1.82, 2.24) is 5.43 Å². The van der Waals surface area contributed by atoms with Crippen molar-refractivity contribution in [3.63, 3.8) is 0 Å². The van der Waals surface area contributed by atoms with Crippen LogP contribution in [-0.2, 0) is 0 Å². The molecule has 2 N–H and O–H groups in total. The molecule has 0 fully saturated rings. The maximum absolute atomic E-state index is 11.9. The summed E-state index contributed by atoms with van der Waals surface area (Å²) in [6, 6.07) is 9.43. The molecule has 0 atom stereocenters. The minimum Gasteiger partial charge on any atom is -0.496 e. The van der Waals surface area contributed by atoms with Crippen LogP contribution in [0.4, 0.5) is 5.69 Å². The topological polar surface area (TPSA) is 131 Å². The average Bonchev–Trinajstić information content (AvgIpc) is 2.61. The monoisotopic (exact) mass is 343 g/mol. The van der Waals surface area contributed by atoms with Gasteiger partial charge in [-0.2, -0.15) is 5.10 Å². The molecule has 0 saturated heterocycles. The second-order valence-corrected chi connectivity index (χ2v) is 4.77. The fraction of sp³-hybridized carbons (Fsp3) is 0.0625. The average molecular weight is 343 g/mol. The fourth-order valence-corrected chi connectivity index (χ4v) is 1.94. The Balaban J connectivity index is 2.07. The molecule has 1 amide bonds. The van der Waals surface area contributed by atoms with Crippen molar-refractivity contribution in [3.05, 3.63) is 69.3 Å². The Morgan fingerprint density at radius 2 is 1.92 bits per heavy atom. The number of nitrogens with zero attached hydrogens (tertiary/aromatic N) is 2. The minimum atomic E-state index is -1.15. The number of carbonyl (C=O) groups is 2. The molecule has 2 aromatic rings. The predicted octanol–water partition coefficient (Wildman–Crippen LogP) is 2.07.